The van der Waals surface area contributed by atoms with Crippen LogP contribution < -0.4 is 0 Å². The number of allylic oxidation sites excluding steroid dienone is 1. The highest BCUT2D eigenvalue weighted by molar-refractivity contribution is 5.60. The highest BCUT2D eigenvalue weighted by atomic mass is 19.1. The van der Waals surface area contributed by atoms with Crippen LogP contribution >= 0.6 is 0 Å². The van der Waals surface area contributed by atoms with Gasteiger partial charge in [-0.15, -0.1) is 0 Å². The molecular formula is C16H19FN2. The summed E-state index contributed by atoms with van der Waals surface area (Å²) in [7, 11) is 0. The van der Waals surface area contributed by atoms with E-state index >= 15 is 0 Å². The van der Waals surface area contributed by atoms with Crippen molar-refractivity contribution in [1.29, 1.82) is 0 Å². The summed E-state index contributed by atoms with van der Waals surface area (Å²) in [5.41, 5.74) is 2.44. The van der Waals surface area contributed by atoms with Gasteiger partial charge in [0.2, 0.25) is 0 Å². The summed E-state index contributed by atoms with van der Waals surface area (Å²) < 4.78 is 15.6. The molecule has 1 aromatic heterocycles. The monoisotopic (exact) mass is 258 g/mol. The first kappa shape index (κ1) is 13.5. The third-order valence-electron chi connectivity index (χ3n) is 3.29. The number of rotatable bonds is 5. The number of hydrogen-bond donors (Lipinski definition) is 0. The second-order valence-corrected chi connectivity index (χ2v) is 4.73. The van der Waals surface area contributed by atoms with Crippen LogP contribution in [0.15, 0.2) is 43.1 Å². The molecule has 0 radical (unpaired) electrons. The molecule has 2 nitrogen and oxygen atoms in total. The van der Waals surface area contributed by atoms with E-state index in [1.165, 1.54) is 6.20 Å². The molecule has 1 heterocycles. The van der Waals surface area contributed by atoms with Crippen molar-refractivity contribution >= 4 is 5.57 Å². The van der Waals surface area contributed by atoms with Crippen LogP contribution in [0, 0.1) is 5.82 Å². The van der Waals surface area contributed by atoms with Gasteiger partial charge >= 0.3 is 0 Å². The number of halogens is 1. The lowest BCUT2D eigenvalue weighted by atomic mass is 10.1. The van der Waals surface area contributed by atoms with Crippen molar-refractivity contribution in [2.75, 3.05) is 0 Å². The summed E-state index contributed by atoms with van der Waals surface area (Å²) in [5, 5.41) is 4.18. The molecule has 1 aromatic carbocycles. The maximum absolute atomic E-state index is 13.9. The average molecular weight is 258 g/mol. The molecule has 0 aliphatic rings. The fourth-order valence-corrected chi connectivity index (χ4v) is 2.26. The molecule has 1 atom stereocenters. The molecule has 2 aromatic rings. The van der Waals surface area contributed by atoms with Crippen molar-refractivity contribution < 1.29 is 4.39 Å². The predicted octanol–water partition coefficient (Wildman–Crippen LogP) is 4.44. The van der Waals surface area contributed by atoms with Crippen LogP contribution in [0.25, 0.3) is 5.57 Å². The van der Waals surface area contributed by atoms with Crippen molar-refractivity contribution in [1.82, 2.24) is 9.78 Å². The zero-order valence-corrected chi connectivity index (χ0v) is 11.4. The van der Waals surface area contributed by atoms with Gasteiger partial charge in [0.05, 0.1) is 12.2 Å². The molecular weight excluding hydrogens is 239 g/mol. The van der Waals surface area contributed by atoms with Crippen LogP contribution in [0.3, 0.4) is 0 Å². The van der Waals surface area contributed by atoms with Crippen molar-refractivity contribution in [2.45, 2.75) is 32.7 Å². The molecule has 0 fully saturated rings. The van der Waals surface area contributed by atoms with Gasteiger partial charge in [0.25, 0.3) is 0 Å². The molecule has 100 valence electrons. The van der Waals surface area contributed by atoms with Crippen LogP contribution in [0.1, 0.15) is 44.0 Å². The zero-order chi connectivity index (χ0) is 13.8. The molecule has 3 heteroatoms. The number of hydrogen-bond acceptors (Lipinski definition) is 1. The smallest absolute Gasteiger partial charge is 0.168 e. The first-order chi connectivity index (χ1) is 9.15. The third-order valence-corrected chi connectivity index (χ3v) is 3.29. The molecule has 0 spiro atoms. The van der Waals surface area contributed by atoms with Gasteiger partial charge in [0, 0.05) is 0 Å². The van der Waals surface area contributed by atoms with Gasteiger partial charge in [0.1, 0.15) is 5.69 Å². The Balaban J connectivity index is 2.38. The Hall–Kier alpha value is -1.90. The Morgan fingerprint density at radius 1 is 1.37 bits per heavy atom. The SMILES string of the molecule is C=C(CCC)c1c(F)cnn1C(C)c1ccccc1. The summed E-state index contributed by atoms with van der Waals surface area (Å²) in [6.07, 6.45) is 3.00. The fraction of sp³-hybridized carbons (Fsp3) is 0.312. The predicted molar refractivity (Wildman–Crippen MR) is 76.4 cm³/mol. The van der Waals surface area contributed by atoms with Gasteiger partial charge in [-0.3, -0.25) is 4.68 Å². The number of benzene rings is 1. The summed E-state index contributed by atoms with van der Waals surface area (Å²) >= 11 is 0. The number of aromatic nitrogens is 2. The van der Waals surface area contributed by atoms with Gasteiger partial charge in [-0.25, -0.2) is 4.39 Å². The highest BCUT2D eigenvalue weighted by Crippen LogP contribution is 2.26. The minimum Gasteiger partial charge on any atom is -0.255 e. The van der Waals surface area contributed by atoms with Crippen molar-refractivity contribution in [2.24, 2.45) is 0 Å². The lowest BCUT2D eigenvalue weighted by Gasteiger charge is -2.17. The largest absolute Gasteiger partial charge is 0.255 e. The maximum Gasteiger partial charge on any atom is 0.168 e. The molecule has 2 rings (SSSR count). The Morgan fingerprint density at radius 3 is 2.68 bits per heavy atom. The van der Waals surface area contributed by atoms with Gasteiger partial charge in [-0.05, 0) is 24.5 Å². The van der Waals surface area contributed by atoms with Crippen molar-refractivity contribution in [3.63, 3.8) is 0 Å². The lowest BCUT2D eigenvalue weighted by molar-refractivity contribution is 0.546. The molecule has 19 heavy (non-hydrogen) atoms. The first-order valence-electron chi connectivity index (χ1n) is 6.61. The van der Waals surface area contributed by atoms with Gasteiger partial charge < -0.3 is 0 Å². The van der Waals surface area contributed by atoms with E-state index < -0.39 is 0 Å². The maximum atomic E-state index is 13.9. The van der Waals surface area contributed by atoms with E-state index in [2.05, 4.69) is 18.6 Å². The summed E-state index contributed by atoms with van der Waals surface area (Å²) in [6.45, 7) is 8.06. The van der Waals surface area contributed by atoms with Crippen LogP contribution in [0.4, 0.5) is 4.39 Å². The lowest BCUT2D eigenvalue weighted by Crippen LogP contribution is -2.12. The zero-order valence-electron chi connectivity index (χ0n) is 11.4. The van der Waals surface area contributed by atoms with Gasteiger partial charge in [-0.1, -0.05) is 50.3 Å². The summed E-state index contributed by atoms with van der Waals surface area (Å²) in [4.78, 5) is 0. The van der Waals surface area contributed by atoms with E-state index in [0.717, 1.165) is 24.0 Å². The minimum atomic E-state index is -0.291. The second-order valence-electron chi connectivity index (χ2n) is 4.73. The van der Waals surface area contributed by atoms with Crippen molar-refractivity contribution in [3.05, 3.63) is 60.2 Å². The van der Waals surface area contributed by atoms with E-state index in [9.17, 15) is 4.39 Å². The molecule has 0 aliphatic heterocycles. The fourth-order valence-electron chi connectivity index (χ4n) is 2.26. The molecule has 1 unspecified atom stereocenters. The van der Waals surface area contributed by atoms with E-state index in [0.29, 0.717) is 5.69 Å². The van der Waals surface area contributed by atoms with Gasteiger partial charge in [0.15, 0.2) is 5.82 Å². The standard InChI is InChI=1S/C16H19FN2/c1-4-8-12(2)16-15(17)11-18-19(16)13(3)14-9-6-5-7-10-14/h5-7,9-11,13H,2,4,8H2,1,3H3. The van der Waals surface area contributed by atoms with Crippen LogP contribution in [0.2, 0.25) is 0 Å². The number of nitrogens with zero attached hydrogens (tertiary/aromatic N) is 2. The molecule has 0 saturated heterocycles. The molecule has 0 aliphatic carbocycles. The van der Waals surface area contributed by atoms with Crippen LogP contribution in [-0.4, -0.2) is 9.78 Å². The Morgan fingerprint density at radius 2 is 2.05 bits per heavy atom. The topological polar surface area (TPSA) is 17.8 Å². The van der Waals surface area contributed by atoms with Crippen LogP contribution in [-0.2, 0) is 0 Å². The average Bonchev–Trinajstić information content (AvgIpc) is 2.81. The second kappa shape index (κ2) is 5.83. The van der Waals surface area contributed by atoms with E-state index in [1.54, 1.807) is 4.68 Å². The Labute approximate surface area is 113 Å². The Kier molecular flexibility index (Phi) is 4.15. The summed E-state index contributed by atoms with van der Waals surface area (Å²) in [5.74, 6) is -0.291. The van der Waals surface area contributed by atoms with E-state index in [1.807, 2.05) is 37.3 Å². The summed E-state index contributed by atoms with van der Waals surface area (Å²) in [6, 6.07) is 9.97. The van der Waals surface area contributed by atoms with Crippen LogP contribution in [0.5, 0.6) is 0 Å². The van der Waals surface area contributed by atoms with E-state index in [-0.39, 0.29) is 11.9 Å². The first-order valence-corrected chi connectivity index (χ1v) is 6.61. The molecule has 0 amide bonds. The van der Waals surface area contributed by atoms with Gasteiger partial charge in [-0.2, -0.15) is 5.10 Å². The molecule has 0 bridgehead atoms. The highest BCUT2D eigenvalue weighted by Gasteiger charge is 2.18. The molecule has 0 saturated carbocycles. The normalized spacial score (nSPS) is 12.4. The quantitative estimate of drug-likeness (QED) is 0.775. The van der Waals surface area contributed by atoms with Crippen molar-refractivity contribution in [3.8, 4) is 0 Å². The Bertz CT molecular complexity index is 557. The van der Waals surface area contributed by atoms with E-state index in [4.69, 9.17) is 0 Å². The third kappa shape index (κ3) is 2.75. The minimum absolute atomic E-state index is 0.00527. The molecule has 0 N–H and O–H groups in total.